The normalized spacial score (nSPS) is 12.9. The van der Waals surface area contributed by atoms with Gasteiger partial charge in [0, 0.05) is 12.1 Å². The summed E-state index contributed by atoms with van der Waals surface area (Å²) >= 11 is 0. The molecule has 1 N–H and O–H groups in total. The van der Waals surface area contributed by atoms with Gasteiger partial charge in [-0.1, -0.05) is 6.92 Å². The van der Waals surface area contributed by atoms with Gasteiger partial charge in [-0.05, 0) is 6.92 Å². The monoisotopic (exact) mass is 99.1 g/mol. The molecule has 0 aromatic heterocycles. The second kappa shape index (κ2) is 2.50. The Balaban J connectivity index is 3.55. The van der Waals surface area contributed by atoms with Crippen molar-refractivity contribution in [3.8, 4) is 0 Å². The van der Waals surface area contributed by atoms with E-state index in [1.165, 1.54) is 6.92 Å². The molecule has 0 aromatic rings. The molecule has 0 heterocycles. The predicted molar refractivity (Wildman–Crippen MR) is 28.6 cm³/mol. The van der Waals surface area contributed by atoms with Crippen LogP contribution >= 0.6 is 0 Å². The molecule has 7 heavy (non-hydrogen) atoms. The highest BCUT2D eigenvalue weighted by molar-refractivity contribution is 5.91. The number of carbonyl (C=O) groups is 1. The number of ketones is 1. The van der Waals surface area contributed by atoms with Crippen LogP contribution in [0.5, 0.6) is 0 Å². The van der Waals surface area contributed by atoms with Crippen molar-refractivity contribution < 1.29 is 4.79 Å². The van der Waals surface area contributed by atoms with Crippen LogP contribution in [0.1, 0.15) is 13.8 Å². The quantitative estimate of drug-likeness (QED) is 0.512. The van der Waals surface area contributed by atoms with Gasteiger partial charge >= 0.3 is 0 Å². The highest BCUT2D eigenvalue weighted by Gasteiger charge is 1.99. The van der Waals surface area contributed by atoms with E-state index in [0.717, 1.165) is 6.21 Å². The molecule has 2 heteroatoms. The van der Waals surface area contributed by atoms with E-state index in [1.54, 1.807) is 6.92 Å². The van der Waals surface area contributed by atoms with E-state index in [2.05, 4.69) is 0 Å². The van der Waals surface area contributed by atoms with Crippen molar-refractivity contribution in [2.24, 2.45) is 5.92 Å². The van der Waals surface area contributed by atoms with Gasteiger partial charge in [0.2, 0.25) is 0 Å². The van der Waals surface area contributed by atoms with E-state index < -0.39 is 0 Å². The van der Waals surface area contributed by atoms with Crippen molar-refractivity contribution in [2.75, 3.05) is 0 Å². The minimum Gasteiger partial charge on any atom is -0.312 e. The number of hydrogen-bond acceptors (Lipinski definition) is 2. The zero-order valence-electron chi connectivity index (χ0n) is 4.56. The second-order valence-corrected chi connectivity index (χ2v) is 1.57. The van der Waals surface area contributed by atoms with Gasteiger partial charge in [0.1, 0.15) is 5.78 Å². The largest absolute Gasteiger partial charge is 0.312 e. The Hall–Kier alpha value is -0.660. The topological polar surface area (TPSA) is 40.9 Å². The Morgan fingerprint density at radius 1 is 1.86 bits per heavy atom. The fourth-order valence-corrected chi connectivity index (χ4v) is 0.117. The van der Waals surface area contributed by atoms with Crippen LogP contribution in [0, 0.1) is 11.3 Å². The minimum absolute atomic E-state index is 0.0509. The van der Waals surface area contributed by atoms with Crippen molar-refractivity contribution >= 4 is 12.0 Å². The summed E-state index contributed by atoms with van der Waals surface area (Å²) in [5.41, 5.74) is 0. The second-order valence-electron chi connectivity index (χ2n) is 1.57. The van der Waals surface area contributed by atoms with Crippen LogP contribution in [0.25, 0.3) is 0 Å². The molecular formula is C5H9NO. The molecule has 0 bridgehead atoms. The molecule has 0 aromatic carbocycles. The predicted octanol–water partition coefficient (Wildman–Crippen LogP) is 0.861. The fourth-order valence-electron chi connectivity index (χ4n) is 0.117. The zero-order valence-corrected chi connectivity index (χ0v) is 4.56. The van der Waals surface area contributed by atoms with Crippen LogP contribution in [0.15, 0.2) is 0 Å². The van der Waals surface area contributed by atoms with Crippen molar-refractivity contribution in [1.29, 1.82) is 5.41 Å². The van der Waals surface area contributed by atoms with Crippen LogP contribution in [0.3, 0.4) is 0 Å². The summed E-state index contributed by atoms with van der Waals surface area (Å²) in [4.78, 5) is 10.2. The Bertz CT molecular complexity index is 88.1. The van der Waals surface area contributed by atoms with E-state index >= 15 is 0 Å². The highest BCUT2D eigenvalue weighted by atomic mass is 16.1. The molecule has 2 nitrogen and oxygen atoms in total. The van der Waals surface area contributed by atoms with E-state index in [4.69, 9.17) is 5.41 Å². The van der Waals surface area contributed by atoms with Gasteiger partial charge in [0.15, 0.2) is 0 Å². The molecule has 0 amide bonds. The standard InChI is InChI=1S/C5H9NO/c1-4(3-6)5(2)7/h3-4,6H,1-2H3/t4-/m0/s1. The number of Topliss-reactive ketones (excluding diaryl/α,β-unsaturated/α-hetero) is 1. The Morgan fingerprint density at radius 2 is 2.29 bits per heavy atom. The van der Waals surface area contributed by atoms with Gasteiger partial charge in [0.05, 0.1) is 0 Å². The summed E-state index contributed by atoms with van der Waals surface area (Å²) in [5.74, 6) is -0.144. The maximum Gasteiger partial charge on any atom is 0.137 e. The van der Waals surface area contributed by atoms with E-state index in [9.17, 15) is 4.79 Å². The first-order valence-corrected chi connectivity index (χ1v) is 2.19. The fraction of sp³-hybridized carbons (Fsp3) is 0.600. The molecule has 0 fully saturated rings. The van der Waals surface area contributed by atoms with Gasteiger partial charge in [-0.2, -0.15) is 0 Å². The summed E-state index contributed by atoms with van der Waals surface area (Å²) in [5, 5.41) is 6.59. The number of rotatable bonds is 2. The average Bonchev–Trinajstić information content (AvgIpc) is 1.65. The number of nitrogens with one attached hydrogen (secondary N) is 1. The number of carbonyl (C=O) groups excluding carboxylic acids is 1. The first-order valence-electron chi connectivity index (χ1n) is 2.19. The summed E-state index contributed by atoms with van der Waals surface area (Å²) in [6.07, 6.45) is 1.14. The van der Waals surface area contributed by atoms with Crippen molar-refractivity contribution in [3.63, 3.8) is 0 Å². The maximum absolute atomic E-state index is 10.2. The first kappa shape index (κ1) is 6.34. The average molecular weight is 99.1 g/mol. The first-order chi connectivity index (χ1) is 3.18. The third-order valence-corrected chi connectivity index (χ3v) is 0.891. The van der Waals surface area contributed by atoms with Crippen LogP contribution in [-0.4, -0.2) is 12.0 Å². The molecule has 0 rings (SSSR count). The Labute approximate surface area is 43.0 Å². The minimum atomic E-state index is -0.194. The van der Waals surface area contributed by atoms with Gasteiger partial charge in [-0.25, -0.2) is 0 Å². The van der Waals surface area contributed by atoms with Crippen LogP contribution in [0.2, 0.25) is 0 Å². The highest BCUT2D eigenvalue weighted by Crippen LogP contribution is 1.87. The lowest BCUT2D eigenvalue weighted by atomic mass is 10.1. The molecule has 40 valence electrons. The molecule has 0 unspecified atom stereocenters. The summed E-state index contributed by atoms with van der Waals surface area (Å²) in [6.45, 7) is 3.19. The zero-order chi connectivity index (χ0) is 5.86. The molecule has 0 radical (unpaired) electrons. The van der Waals surface area contributed by atoms with Crippen LogP contribution < -0.4 is 0 Å². The Morgan fingerprint density at radius 3 is 2.29 bits per heavy atom. The SMILES string of the molecule is CC(=O)[C@@H](C)C=N. The maximum atomic E-state index is 10.2. The molecular weight excluding hydrogens is 90.1 g/mol. The Kier molecular flexibility index (Phi) is 2.27. The van der Waals surface area contributed by atoms with E-state index in [0.29, 0.717) is 0 Å². The molecule has 1 atom stereocenters. The van der Waals surface area contributed by atoms with Crippen molar-refractivity contribution in [2.45, 2.75) is 13.8 Å². The van der Waals surface area contributed by atoms with Crippen LogP contribution in [0.4, 0.5) is 0 Å². The van der Waals surface area contributed by atoms with Gasteiger partial charge < -0.3 is 5.41 Å². The van der Waals surface area contributed by atoms with Gasteiger partial charge in [0.25, 0.3) is 0 Å². The third-order valence-electron chi connectivity index (χ3n) is 0.891. The number of hydrogen-bond donors (Lipinski definition) is 1. The molecule has 0 saturated heterocycles. The third kappa shape index (κ3) is 2.09. The summed E-state index contributed by atoms with van der Waals surface area (Å²) in [6, 6.07) is 0. The van der Waals surface area contributed by atoms with E-state index in [1.807, 2.05) is 0 Å². The molecule has 0 aliphatic carbocycles. The molecule has 0 aliphatic heterocycles. The lowest BCUT2D eigenvalue weighted by Gasteiger charge is -1.92. The van der Waals surface area contributed by atoms with Crippen LogP contribution in [-0.2, 0) is 4.79 Å². The molecule has 0 spiro atoms. The van der Waals surface area contributed by atoms with Crippen molar-refractivity contribution in [3.05, 3.63) is 0 Å². The lowest BCUT2D eigenvalue weighted by Crippen LogP contribution is -2.05. The van der Waals surface area contributed by atoms with E-state index in [-0.39, 0.29) is 11.7 Å². The summed E-state index contributed by atoms with van der Waals surface area (Å²) in [7, 11) is 0. The molecule has 0 saturated carbocycles. The van der Waals surface area contributed by atoms with Gasteiger partial charge in [-0.15, -0.1) is 0 Å². The lowest BCUT2D eigenvalue weighted by molar-refractivity contribution is -0.118. The van der Waals surface area contributed by atoms with Gasteiger partial charge in [-0.3, -0.25) is 4.79 Å². The summed E-state index contributed by atoms with van der Waals surface area (Å²) < 4.78 is 0. The molecule has 0 aliphatic rings. The van der Waals surface area contributed by atoms with Crippen molar-refractivity contribution in [1.82, 2.24) is 0 Å². The smallest absolute Gasteiger partial charge is 0.137 e.